The lowest BCUT2D eigenvalue weighted by Gasteiger charge is -2.39. The van der Waals surface area contributed by atoms with Gasteiger partial charge in [0.1, 0.15) is 17.2 Å². The molecule has 6 heteroatoms. The second-order valence-corrected chi connectivity index (χ2v) is 11.3. The van der Waals surface area contributed by atoms with Gasteiger partial charge in [0.2, 0.25) is 5.91 Å². The van der Waals surface area contributed by atoms with Gasteiger partial charge in [-0.15, -0.1) is 0 Å². The van der Waals surface area contributed by atoms with Gasteiger partial charge >= 0.3 is 0 Å². The highest BCUT2D eigenvalue weighted by Gasteiger charge is 2.70. The van der Waals surface area contributed by atoms with E-state index in [-0.39, 0.29) is 17.5 Å². The van der Waals surface area contributed by atoms with Gasteiger partial charge in [0.25, 0.3) is 0 Å². The highest BCUT2D eigenvalue weighted by atomic mass is 16.5. The van der Waals surface area contributed by atoms with Crippen LogP contribution in [0.3, 0.4) is 0 Å². The summed E-state index contributed by atoms with van der Waals surface area (Å²) in [4.78, 5) is 46.2. The summed E-state index contributed by atoms with van der Waals surface area (Å²) in [5, 5.41) is 3.09. The summed E-state index contributed by atoms with van der Waals surface area (Å²) >= 11 is 0. The van der Waals surface area contributed by atoms with Gasteiger partial charge in [0, 0.05) is 28.1 Å². The molecule has 3 aliphatic rings. The van der Waals surface area contributed by atoms with Crippen LogP contribution in [0.1, 0.15) is 44.3 Å². The summed E-state index contributed by atoms with van der Waals surface area (Å²) in [5.74, 6) is -1.20. The molecule has 208 valence electrons. The van der Waals surface area contributed by atoms with Crippen molar-refractivity contribution in [3.05, 3.63) is 131 Å². The predicted octanol–water partition coefficient (Wildman–Crippen LogP) is 6.25. The number of methoxy groups -OCH3 is 1. The molecule has 1 spiro atoms. The van der Waals surface area contributed by atoms with E-state index in [1.54, 1.807) is 43.5 Å². The van der Waals surface area contributed by atoms with E-state index < -0.39 is 23.4 Å². The summed E-state index contributed by atoms with van der Waals surface area (Å²) in [7, 11) is 1.56. The van der Waals surface area contributed by atoms with E-state index in [9.17, 15) is 14.4 Å². The Morgan fingerprint density at radius 2 is 1.57 bits per heavy atom. The second kappa shape index (κ2) is 9.55. The van der Waals surface area contributed by atoms with Gasteiger partial charge in [-0.3, -0.25) is 14.4 Å². The molecule has 4 aromatic rings. The summed E-state index contributed by atoms with van der Waals surface area (Å²) in [5.41, 5.74) is 4.79. The Hall–Kier alpha value is -4.97. The Balaban J connectivity index is 1.55. The van der Waals surface area contributed by atoms with Crippen LogP contribution in [-0.2, 0) is 10.2 Å². The molecule has 0 aliphatic carbocycles. The second-order valence-electron chi connectivity index (χ2n) is 11.3. The van der Waals surface area contributed by atoms with Crippen molar-refractivity contribution in [2.24, 2.45) is 5.92 Å². The molecule has 1 N–H and O–H groups in total. The Morgan fingerprint density at radius 3 is 2.36 bits per heavy atom. The number of amides is 1. The fourth-order valence-corrected chi connectivity index (χ4v) is 7.23. The summed E-state index contributed by atoms with van der Waals surface area (Å²) in [6, 6.07) is 28.3. The van der Waals surface area contributed by atoms with Crippen molar-refractivity contribution in [2.75, 3.05) is 17.3 Å². The summed E-state index contributed by atoms with van der Waals surface area (Å²) < 4.78 is 5.45. The third-order valence-electron chi connectivity index (χ3n) is 9.13. The molecule has 0 bridgehead atoms. The largest absolute Gasteiger partial charge is 0.497 e. The van der Waals surface area contributed by atoms with E-state index in [1.807, 2.05) is 79.4 Å². The van der Waals surface area contributed by atoms with Crippen LogP contribution in [0.5, 0.6) is 5.75 Å². The molecule has 6 nitrogen and oxygen atoms in total. The molecule has 0 unspecified atom stereocenters. The first-order valence-electron chi connectivity index (χ1n) is 14.1. The van der Waals surface area contributed by atoms with Gasteiger partial charge in [0.15, 0.2) is 11.6 Å². The van der Waals surface area contributed by atoms with Crippen LogP contribution in [0.2, 0.25) is 0 Å². The fourth-order valence-electron chi connectivity index (χ4n) is 7.23. The number of carbonyl (C=O) groups is 3. The number of allylic oxidation sites excluding steroid dienone is 1. The SMILES string of the molecule is COc1cccc(C(=O)[C@@H]2[C@H](C(=O)c3ccc(C)cc3)[C@]3(C(=O)Nc4ccccc43)[C@H]3C=C(C)c4ccccc4N23)c1. The van der Waals surface area contributed by atoms with Gasteiger partial charge in [-0.1, -0.05) is 84.4 Å². The number of hydrogen-bond donors (Lipinski definition) is 1. The van der Waals surface area contributed by atoms with Crippen LogP contribution >= 0.6 is 0 Å². The molecule has 3 aliphatic heterocycles. The number of fused-ring (bicyclic) bond motifs is 6. The van der Waals surface area contributed by atoms with E-state index in [4.69, 9.17) is 4.74 Å². The molecule has 4 atom stereocenters. The number of ether oxygens (including phenoxy) is 1. The quantitative estimate of drug-likeness (QED) is 0.295. The zero-order valence-corrected chi connectivity index (χ0v) is 23.6. The number of ketones is 2. The molecule has 3 heterocycles. The number of nitrogens with one attached hydrogen (secondary N) is 1. The molecule has 1 fully saturated rings. The number of hydrogen-bond acceptors (Lipinski definition) is 5. The topological polar surface area (TPSA) is 75.7 Å². The minimum Gasteiger partial charge on any atom is -0.497 e. The van der Waals surface area contributed by atoms with Crippen LogP contribution in [0, 0.1) is 12.8 Å². The molecular formula is C36H30N2O4. The van der Waals surface area contributed by atoms with Crippen molar-refractivity contribution in [3.8, 4) is 5.75 Å². The first kappa shape index (κ1) is 26.0. The molecule has 4 aromatic carbocycles. The minimum atomic E-state index is -1.34. The first-order valence-corrected chi connectivity index (χ1v) is 14.1. The maximum atomic E-state index is 14.9. The molecule has 42 heavy (non-hydrogen) atoms. The average molecular weight is 555 g/mol. The zero-order chi connectivity index (χ0) is 29.2. The standard InChI is InChI=1S/C36H30N2O4/c1-21-15-17-23(18-16-21)33(39)31-32(34(40)24-9-8-10-25(20-24)42-3)38-29-14-7-4-11-26(29)22(2)19-30(38)36(31)27-12-5-6-13-28(27)37-35(36)41/h4-20,30-32H,1-3H3,(H,37,41)/t30-,31-,32+,36-/m1/s1. The molecule has 1 saturated heterocycles. The van der Waals surface area contributed by atoms with Crippen molar-refractivity contribution < 1.29 is 19.1 Å². The third kappa shape index (κ3) is 3.54. The van der Waals surface area contributed by atoms with Crippen molar-refractivity contribution in [1.29, 1.82) is 0 Å². The molecule has 0 saturated carbocycles. The number of para-hydroxylation sites is 2. The van der Waals surface area contributed by atoms with Crippen molar-refractivity contribution >= 4 is 34.4 Å². The van der Waals surface area contributed by atoms with E-state index in [0.29, 0.717) is 22.6 Å². The van der Waals surface area contributed by atoms with Crippen LogP contribution in [0.4, 0.5) is 11.4 Å². The monoisotopic (exact) mass is 554 g/mol. The Kier molecular flexibility index (Phi) is 5.91. The number of anilines is 2. The van der Waals surface area contributed by atoms with Gasteiger partial charge in [-0.05, 0) is 49.2 Å². The van der Waals surface area contributed by atoms with E-state index in [0.717, 1.165) is 28.0 Å². The van der Waals surface area contributed by atoms with Crippen LogP contribution in [0.25, 0.3) is 5.57 Å². The molecule has 7 rings (SSSR count). The van der Waals surface area contributed by atoms with Crippen LogP contribution < -0.4 is 15.0 Å². The third-order valence-corrected chi connectivity index (χ3v) is 9.13. The predicted molar refractivity (Wildman–Crippen MR) is 163 cm³/mol. The van der Waals surface area contributed by atoms with Crippen molar-refractivity contribution in [1.82, 2.24) is 0 Å². The van der Waals surface area contributed by atoms with Gasteiger partial charge < -0.3 is 15.0 Å². The average Bonchev–Trinajstić information content (AvgIpc) is 3.49. The van der Waals surface area contributed by atoms with Crippen molar-refractivity contribution in [3.63, 3.8) is 0 Å². The van der Waals surface area contributed by atoms with E-state index in [2.05, 4.69) is 11.4 Å². The number of aryl methyl sites for hydroxylation is 1. The van der Waals surface area contributed by atoms with Crippen molar-refractivity contribution in [2.45, 2.75) is 31.3 Å². The van der Waals surface area contributed by atoms with E-state index >= 15 is 0 Å². The highest BCUT2D eigenvalue weighted by molar-refractivity contribution is 6.18. The number of rotatable bonds is 5. The minimum absolute atomic E-state index is 0.235. The maximum absolute atomic E-state index is 14.9. The van der Waals surface area contributed by atoms with Crippen LogP contribution in [0.15, 0.2) is 103 Å². The lowest BCUT2D eigenvalue weighted by molar-refractivity contribution is -0.121. The lowest BCUT2D eigenvalue weighted by Crippen LogP contribution is -2.51. The Labute approximate surface area is 244 Å². The Morgan fingerprint density at radius 1 is 0.833 bits per heavy atom. The molecule has 0 radical (unpaired) electrons. The maximum Gasteiger partial charge on any atom is 0.238 e. The van der Waals surface area contributed by atoms with Gasteiger partial charge in [-0.2, -0.15) is 0 Å². The number of benzene rings is 4. The summed E-state index contributed by atoms with van der Waals surface area (Å²) in [6.07, 6.45) is 2.07. The highest BCUT2D eigenvalue weighted by Crippen LogP contribution is 2.58. The molecule has 1 amide bonds. The molecular weight excluding hydrogens is 524 g/mol. The molecule has 0 aromatic heterocycles. The normalized spacial score (nSPS) is 23.5. The number of carbonyl (C=O) groups excluding carboxylic acids is 3. The van der Waals surface area contributed by atoms with E-state index in [1.165, 1.54) is 0 Å². The smallest absolute Gasteiger partial charge is 0.238 e. The van der Waals surface area contributed by atoms with Gasteiger partial charge in [0.05, 0.1) is 19.1 Å². The lowest BCUT2D eigenvalue weighted by atomic mass is 9.64. The van der Waals surface area contributed by atoms with Crippen LogP contribution in [-0.4, -0.2) is 36.7 Å². The summed E-state index contributed by atoms with van der Waals surface area (Å²) in [6.45, 7) is 3.99. The Bertz CT molecular complexity index is 1810. The fraction of sp³-hybridized carbons (Fsp3) is 0.194. The first-order chi connectivity index (χ1) is 20.4. The zero-order valence-electron chi connectivity index (χ0n) is 23.6. The van der Waals surface area contributed by atoms with Gasteiger partial charge in [-0.25, -0.2) is 0 Å². The number of nitrogens with zero attached hydrogens (tertiary/aromatic N) is 1. The number of Topliss-reactive ketones (excluding diaryl/α,β-unsaturated/α-hetero) is 2.